The van der Waals surface area contributed by atoms with Gasteiger partial charge in [-0.3, -0.25) is 9.59 Å². The molecule has 0 saturated carbocycles. The number of nitrogens with zero attached hydrogens (tertiary/aromatic N) is 1. The Morgan fingerprint density at radius 1 is 1.08 bits per heavy atom. The average Bonchev–Trinajstić information content (AvgIpc) is 3.01. The van der Waals surface area contributed by atoms with Crippen LogP contribution in [-0.4, -0.2) is 23.2 Å². The van der Waals surface area contributed by atoms with Crippen molar-refractivity contribution in [3.63, 3.8) is 0 Å². The molecule has 0 spiro atoms. The predicted octanol–water partition coefficient (Wildman–Crippen LogP) is 4.50. The molecule has 0 bridgehead atoms. The maximum Gasteiger partial charge on any atom is 0.237 e. The molecule has 4 heteroatoms. The van der Waals surface area contributed by atoms with Gasteiger partial charge in [0, 0.05) is 29.6 Å². The molecule has 132 valence electrons. The number of ketones is 1. The van der Waals surface area contributed by atoms with E-state index in [-0.39, 0.29) is 11.7 Å². The summed E-state index contributed by atoms with van der Waals surface area (Å²) in [6, 6.07) is 4.31. The van der Waals surface area contributed by atoms with Gasteiger partial charge in [0.25, 0.3) is 0 Å². The molecule has 1 aromatic heterocycles. The normalized spacial score (nSPS) is 19.2. The molecule has 1 aliphatic heterocycles. The fourth-order valence-corrected chi connectivity index (χ4v) is 4.83. The first-order valence-corrected chi connectivity index (χ1v) is 9.61. The number of carbonyl (C=O) groups is 2. The van der Waals surface area contributed by atoms with Crippen LogP contribution in [0.3, 0.4) is 0 Å². The number of aromatic nitrogens is 1. The molecule has 0 unspecified atom stereocenters. The molecule has 0 fully saturated rings. The van der Waals surface area contributed by atoms with Gasteiger partial charge in [0.1, 0.15) is 0 Å². The van der Waals surface area contributed by atoms with Crippen molar-refractivity contribution in [1.29, 1.82) is 0 Å². The third-order valence-electron chi connectivity index (χ3n) is 6.37. The number of rotatable bonds is 3. The second-order valence-corrected chi connectivity index (χ2v) is 7.36. The van der Waals surface area contributed by atoms with Gasteiger partial charge in [-0.05, 0) is 62.3 Å². The van der Waals surface area contributed by atoms with Crippen molar-refractivity contribution >= 4 is 28.3 Å². The van der Waals surface area contributed by atoms with E-state index in [1.165, 1.54) is 0 Å². The van der Waals surface area contributed by atoms with E-state index >= 15 is 0 Å². The summed E-state index contributed by atoms with van der Waals surface area (Å²) in [5, 5.41) is 1.12. The quantitative estimate of drug-likeness (QED) is 0.838. The van der Waals surface area contributed by atoms with Gasteiger partial charge in [-0.2, -0.15) is 0 Å². The van der Waals surface area contributed by atoms with Gasteiger partial charge in [-0.25, -0.2) is 0 Å². The zero-order valence-corrected chi connectivity index (χ0v) is 15.4. The molecule has 4 nitrogen and oxygen atoms in total. The largest absolute Gasteiger partial charge is 0.352 e. The monoisotopic (exact) mass is 338 g/mol. The minimum absolute atomic E-state index is 0.226. The number of amides is 1. The minimum Gasteiger partial charge on any atom is -0.352 e. The molecule has 4 rings (SSSR count). The van der Waals surface area contributed by atoms with Crippen LogP contribution in [0.15, 0.2) is 12.1 Å². The highest BCUT2D eigenvalue weighted by atomic mass is 16.2. The number of anilines is 1. The zero-order chi connectivity index (χ0) is 17.8. The highest BCUT2D eigenvalue weighted by Crippen LogP contribution is 2.48. The number of Topliss-reactive ketones (excluding diaryl/α,β-unsaturated/α-hetero) is 1. The molecule has 1 aliphatic carbocycles. The van der Waals surface area contributed by atoms with Crippen molar-refractivity contribution in [2.24, 2.45) is 0 Å². The number of H-pyrrole nitrogens is 1. The van der Waals surface area contributed by atoms with Crippen LogP contribution in [0.1, 0.15) is 74.5 Å². The van der Waals surface area contributed by atoms with Crippen LogP contribution in [0.2, 0.25) is 0 Å². The molecule has 1 aromatic carbocycles. The van der Waals surface area contributed by atoms with Crippen molar-refractivity contribution in [1.82, 2.24) is 4.98 Å². The Balaban J connectivity index is 2.00. The Labute approximate surface area is 148 Å². The van der Waals surface area contributed by atoms with Gasteiger partial charge < -0.3 is 9.88 Å². The molecular weight excluding hydrogens is 312 g/mol. The Morgan fingerprint density at radius 2 is 1.80 bits per heavy atom. The topological polar surface area (TPSA) is 53.2 Å². The standard InChI is InChI=1S/C21H26N2O2/c1-4-21(5-2)15-12-16-14(11-17(15)23(6-3)20(21)25)13-9-7-8-10-18(24)19(13)22-16/h11-12,22H,4-10H2,1-3H3. The Morgan fingerprint density at radius 3 is 2.48 bits per heavy atom. The van der Waals surface area contributed by atoms with E-state index in [1.807, 2.05) is 11.8 Å². The molecule has 25 heavy (non-hydrogen) atoms. The third kappa shape index (κ3) is 2.06. The second-order valence-electron chi connectivity index (χ2n) is 7.36. The molecule has 0 atom stereocenters. The molecule has 2 aliphatic rings. The molecule has 1 amide bonds. The van der Waals surface area contributed by atoms with Gasteiger partial charge in [0.2, 0.25) is 5.91 Å². The molecular formula is C21H26N2O2. The fourth-order valence-electron chi connectivity index (χ4n) is 4.83. The van der Waals surface area contributed by atoms with Crippen molar-refractivity contribution < 1.29 is 9.59 Å². The van der Waals surface area contributed by atoms with Crippen LogP contribution in [-0.2, 0) is 16.6 Å². The predicted molar refractivity (Wildman–Crippen MR) is 100 cm³/mol. The van der Waals surface area contributed by atoms with Gasteiger partial charge >= 0.3 is 0 Å². The van der Waals surface area contributed by atoms with Crippen molar-refractivity contribution in [2.45, 2.75) is 64.7 Å². The van der Waals surface area contributed by atoms with E-state index in [9.17, 15) is 9.59 Å². The van der Waals surface area contributed by atoms with Gasteiger partial charge in [-0.15, -0.1) is 0 Å². The van der Waals surface area contributed by atoms with Crippen LogP contribution in [0.4, 0.5) is 5.69 Å². The number of aromatic amines is 1. The Hall–Kier alpha value is -2.10. The average molecular weight is 338 g/mol. The zero-order valence-electron chi connectivity index (χ0n) is 15.4. The van der Waals surface area contributed by atoms with E-state index < -0.39 is 5.41 Å². The van der Waals surface area contributed by atoms with Crippen LogP contribution >= 0.6 is 0 Å². The highest BCUT2D eigenvalue weighted by Gasteiger charge is 2.48. The SMILES string of the molecule is CCN1C(=O)C(CC)(CC)c2cc3[nH]c4c(c3cc21)CCCCC4=O. The Kier molecular flexibility index (Phi) is 3.75. The number of carbonyl (C=O) groups excluding carboxylic acids is 2. The summed E-state index contributed by atoms with van der Waals surface area (Å²) in [6.45, 7) is 6.92. The van der Waals surface area contributed by atoms with E-state index in [4.69, 9.17) is 0 Å². The van der Waals surface area contributed by atoms with Crippen LogP contribution in [0.5, 0.6) is 0 Å². The summed E-state index contributed by atoms with van der Waals surface area (Å²) in [7, 11) is 0. The number of hydrogen-bond acceptors (Lipinski definition) is 2. The molecule has 0 radical (unpaired) electrons. The van der Waals surface area contributed by atoms with E-state index in [0.29, 0.717) is 13.0 Å². The summed E-state index contributed by atoms with van der Waals surface area (Å²) in [6.07, 6.45) is 5.18. The summed E-state index contributed by atoms with van der Waals surface area (Å²) >= 11 is 0. The molecule has 1 N–H and O–H groups in total. The number of likely N-dealkylation sites (N-methyl/N-ethyl adjacent to an activating group) is 1. The molecule has 2 aromatic rings. The van der Waals surface area contributed by atoms with Crippen LogP contribution in [0, 0.1) is 0 Å². The first-order chi connectivity index (χ1) is 12.1. The maximum atomic E-state index is 13.1. The van der Waals surface area contributed by atoms with Crippen molar-refractivity contribution in [2.75, 3.05) is 11.4 Å². The summed E-state index contributed by atoms with van der Waals surface area (Å²) in [5.41, 5.74) is 4.70. The summed E-state index contributed by atoms with van der Waals surface area (Å²) in [4.78, 5) is 30.9. The lowest BCUT2D eigenvalue weighted by atomic mass is 9.76. The van der Waals surface area contributed by atoms with E-state index in [2.05, 4.69) is 31.0 Å². The van der Waals surface area contributed by atoms with Crippen molar-refractivity contribution in [3.8, 4) is 0 Å². The number of aryl methyl sites for hydroxylation is 1. The Bertz CT molecular complexity index is 874. The first-order valence-electron chi connectivity index (χ1n) is 9.61. The van der Waals surface area contributed by atoms with Crippen LogP contribution in [0.25, 0.3) is 10.9 Å². The van der Waals surface area contributed by atoms with Gasteiger partial charge in [0.05, 0.1) is 11.1 Å². The number of fused-ring (bicyclic) bond motifs is 4. The smallest absolute Gasteiger partial charge is 0.237 e. The fraction of sp³-hybridized carbons (Fsp3) is 0.524. The second kappa shape index (κ2) is 5.72. The first kappa shape index (κ1) is 16.4. The van der Waals surface area contributed by atoms with E-state index in [1.54, 1.807) is 0 Å². The highest BCUT2D eigenvalue weighted by molar-refractivity contribution is 6.11. The maximum absolute atomic E-state index is 13.1. The number of nitrogens with one attached hydrogen (secondary N) is 1. The summed E-state index contributed by atoms with van der Waals surface area (Å²) < 4.78 is 0. The number of benzene rings is 1. The van der Waals surface area contributed by atoms with Crippen molar-refractivity contribution in [3.05, 3.63) is 29.0 Å². The van der Waals surface area contributed by atoms with Gasteiger partial charge in [-0.1, -0.05) is 13.8 Å². The number of hydrogen-bond donors (Lipinski definition) is 1. The van der Waals surface area contributed by atoms with Crippen LogP contribution < -0.4 is 4.90 Å². The minimum atomic E-state index is -0.425. The molecule has 2 heterocycles. The third-order valence-corrected chi connectivity index (χ3v) is 6.37. The summed E-state index contributed by atoms with van der Waals surface area (Å²) in [5.74, 6) is 0.453. The van der Waals surface area contributed by atoms with E-state index in [0.717, 1.165) is 65.5 Å². The lowest BCUT2D eigenvalue weighted by Gasteiger charge is -2.25. The lowest BCUT2D eigenvalue weighted by Crippen LogP contribution is -2.39. The lowest BCUT2D eigenvalue weighted by molar-refractivity contribution is -0.123. The van der Waals surface area contributed by atoms with Gasteiger partial charge in [0.15, 0.2) is 5.78 Å². The molecule has 0 saturated heterocycles.